The number of thioether (sulfide) groups is 1. The van der Waals surface area contributed by atoms with Crippen molar-refractivity contribution in [1.82, 2.24) is 4.90 Å². The highest BCUT2D eigenvalue weighted by atomic mass is 32.2. The Morgan fingerprint density at radius 3 is 2.55 bits per heavy atom. The first-order valence-corrected chi connectivity index (χ1v) is 11.5. The molecule has 4 nitrogen and oxygen atoms in total. The van der Waals surface area contributed by atoms with E-state index in [1.54, 1.807) is 0 Å². The fourth-order valence-corrected chi connectivity index (χ4v) is 5.20. The smallest absolute Gasteiger partial charge is 0.293 e. The summed E-state index contributed by atoms with van der Waals surface area (Å²) >= 11 is 1.03. The molecule has 2 saturated heterocycles. The van der Waals surface area contributed by atoms with Crippen molar-refractivity contribution in [2.45, 2.75) is 26.3 Å². The zero-order valence-corrected chi connectivity index (χ0v) is 18.3. The van der Waals surface area contributed by atoms with Crippen LogP contribution in [0.15, 0.2) is 65.6 Å². The van der Waals surface area contributed by atoms with Crippen molar-refractivity contribution in [2.24, 2.45) is 0 Å². The number of hydrogen-bond acceptors (Lipinski definition) is 4. The monoisotopic (exact) mass is 428 g/mol. The number of benzene rings is 3. The van der Waals surface area contributed by atoms with Crippen LogP contribution in [0.2, 0.25) is 0 Å². The fraction of sp³-hybridized carbons (Fsp3) is 0.231. The van der Waals surface area contributed by atoms with Gasteiger partial charge in [0.2, 0.25) is 0 Å². The van der Waals surface area contributed by atoms with Gasteiger partial charge in [-0.2, -0.15) is 0 Å². The van der Waals surface area contributed by atoms with Crippen molar-refractivity contribution in [3.05, 3.63) is 82.3 Å². The lowest BCUT2D eigenvalue weighted by molar-refractivity contribution is -0.123. The summed E-state index contributed by atoms with van der Waals surface area (Å²) in [5.74, 6) is -0.217. The minimum absolute atomic E-state index is 0.212. The number of carbonyl (C=O) groups excluding carboxylic acids is 2. The normalized spacial score (nSPS) is 18.0. The van der Waals surface area contributed by atoms with Crippen molar-refractivity contribution >= 4 is 45.4 Å². The number of nitrogens with zero attached hydrogens (tertiary/aromatic N) is 2. The highest BCUT2D eigenvalue weighted by molar-refractivity contribution is 8.18. The van der Waals surface area contributed by atoms with E-state index < -0.39 is 0 Å². The van der Waals surface area contributed by atoms with E-state index in [2.05, 4.69) is 30.0 Å². The van der Waals surface area contributed by atoms with E-state index in [0.717, 1.165) is 52.3 Å². The molecule has 0 unspecified atom stereocenters. The van der Waals surface area contributed by atoms with Crippen molar-refractivity contribution in [3.63, 3.8) is 0 Å². The molecule has 2 aliphatic rings. The lowest BCUT2D eigenvalue weighted by Crippen LogP contribution is -2.27. The second-order valence-electron chi connectivity index (χ2n) is 8.14. The van der Waals surface area contributed by atoms with E-state index in [9.17, 15) is 9.59 Å². The van der Waals surface area contributed by atoms with Gasteiger partial charge in [0.05, 0.1) is 11.4 Å². The van der Waals surface area contributed by atoms with Gasteiger partial charge in [-0.05, 0) is 77.2 Å². The molecule has 0 bridgehead atoms. The molecule has 0 N–H and O–H groups in total. The second-order valence-corrected chi connectivity index (χ2v) is 9.13. The van der Waals surface area contributed by atoms with Gasteiger partial charge in [-0.1, -0.05) is 48.5 Å². The number of anilines is 1. The third kappa shape index (κ3) is 3.86. The summed E-state index contributed by atoms with van der Waals surface area (Å²) in [5, 5.41) is 1.97. The number of fused-ring (bicyclic) bond motifs is 1. The molecule has 2 heterocycles. The van der Waals surface area contributed by atoms with Gasteiger partial charge in [-0.25, -0.2) is 0 Å². The zero-order chi connectivity index (χ0) is 21.4. The predicted octanol–water partition coefficient (Wildman–Crippen LogP) is 5.98. The summed E-state index contributed by atoms with van der Waals surface area (Å²) in [4.78, 5) is 30.0. The first-order valence-electron chi connectivity index (χ1n) is 10.7. The Hall–Kier alpha value is -3.05. The molecule has 0 spiro atoms. The van der Waals surface area contributed by atoms with Gasteiger partial charge in [-0.15, -0.1) is 0 Å². The first kappa shape index (κ1) is 19.9. The third-order valence-electron chi connectivity index (χ3n) is 6.09. The van der Waals surface area contributed by atoms with Crippen LogP contribution in [0.3, 0.4) is 0 Å². The Bertz CT molecular complexity index is 1210. The Morgan fingerprint density at radius 1 is 0.968 bits per heavy atom. The Balaban J connectivity index is 1.39. The number of hydrogen-bond donors (Lipinski definition) is 0. The maximum Gasteiger partial charge on any atom is 0.293 e. The molecule has 0 aromatic heterocycles. The van der Waals surface area contributed by atoms with Crippen molar-refractivity contribution in [3.8, 4) is 0 Å². The van der Waals surface area contributed by atoms with Crippen LogP contribution < -0.4 is 4.90 Å². The topological polar surface area (TPSA) is 40.6 Å². The van der Waals surface area contributed by atoms with Gasteiger partial charge in [0.1, 0.15) is 0 Å². The van der Waals surface area contributed by atoms with Crippen molar-refractivity contribution in [1.29, 1.82) is 0 Å². The van der Waals surface area contributed by atoms with E-state index in [1.165, 1.54) is 23.4 Å². The van der Waals surface area contributed by atoms with E-state index in [0.29, 0.717) is 4.91 Å². The molecular weight excluding hydrogens is 404 g/mol. The van der Waals surface area contributed by atoms with Crippen LogP contribution in [0.25, 0.3) is 16.8 Å². The Morgan fingerprint density at radius 2 is 1.74 bits per heavy atom. The predicted molar refractivity (Wildman–Crippen MR) is 128 cm³/mol. The summed E-state index contributed by atoms with van der Waals surface area (Å²) in [5.41, 5.74) is 4.31. The summed E-state index contributed by atoms with van der Waals surface area (Å²) in [7, 11) is 0. The van der Waals surface area contributed by atoms with Crippen LogP contribution in [0, 0.1) is 6.92 Å². The molecular formula is C26H24N2O2S. The van der Waals surface area contributed by atoms with E-state index in [-0.39, 0.29) is 17.7 Å². The number of imide groups is 1. The number of amides is 2. The molecule has 31 heavy (non-hydrogen) atoms. The molecule has 2 aliphatic heterocycles. The average Bonchev–Trinajstić information content (AvgIpc) is 3.40. The molecule has 0 aliphatic carbocycles. The lowest BCUT2D eigenvalue weighted by atomic mass is 10.0. The number of aryl methyl sites for hydroxylation is 1. The van der Waals surface area contributed by atoms with Crippen LogP contribution in [-0.4, -0.2) is 29.1 Å². The maximum absolute atomic E-state index is 13.1. The highest BCUT2D eigenvalue weighted by Gasteiger charge is 2.35. The molecule has 2 amide bonds. The molecule has 0 saturated carbocycles. The number of rotatable bonds is 4. The minimum Gasteiger partial charge on any atom is -0.372 e. The van der Waals surface area contributed by atoms with Gasteiger partial charge in [-0.3, -0.25) is 14.5 Å². The van der Waals surface area contributed by atoms with Crippen molar-refractivity contribution < 1.29 is 9.59 Å². The molecule has 156 valence electrons. The molecule has 5 heteroatoms. The number of carbonyl (C=O) groups is 2. The largest absolute Gasteiger partial charge is 0.372 e. The van der Waals surface area contributed by atoms with Crippen LogP contribution in [-0.2, 0) is 11.3 Å². The quantitative estimate of drug-likeness (QED) is 0.479. The van der Waals surface area contributed by atoms with Gasteiger partial charge in [0.15, 0.2) is 0 Å². The van der Waals surface area contributed by atoms with E-state index in [4.69, 9.17) is 0 Å². The van der Waals surface area contributed by atoms with Gasteiger partial charge < -0.3 is 4.90 Å². The maximum atomic E-state index is 13.1. The first-order chi connectivity index (χ1) is 15.1. The van der Waals surface area contributed by atoms with Gasteiger partial charge >= 0.3 is 0 Å². The van der Waals surface area contributed by atoms with Crippen LogP contribution in [0.1, 0.15) is 29.5 Å². The SMILES string of the molecule is Cc1cc(N2CCCC2)ccc1/C=C1\SC(=O)N(Cc2cccc3ccccc23)C1=O. The van der Waals surface area contributed by atoms with Crippen molar-refractivity contribution in [2.75, 3.05) is 18.0 Å². The van der Waals surface area contributed by atoms with Gasteiger partial charge in [0.25, 0.3) is 11.1 Å². The average molecular weight is 429 g/mol. The molecule has 0 atom stereocenters. The van der Waals surface area contributed by atoms with Crippen LogP contribution in [0.4, 0.5) is 10.5 Å². The van der Waals surface area contributed by atoms with Crippen LogP contribution >= 0.6 is 11.8 Å². The molecule has 2 fully saturated rings. The zero-order valence-electron chi connectivity index (χ0n) is 17.5. The summed E-state index contributed by atoms with van der Waals surface area (Å²) in [6, 6.07) is 20.4. The molecule has 0 radical (unpaired) electrons. The standard InChI is InChI=1S/C26H24N2O2S/c1-18-15-22(27-13-4-5-14-27)12-11-20(18)16-24-25(29)28(26(30)31-24)17-21-9-6-8-19-7-2-3-10-23(19)21/h2-3,6-12,15-16H,4-5,13-14,17H2,1H3/b24-16-. The molecule has 3 aromatic carbocycles. The minimum atomic E-state index is -0.217. The highest BCUT2D eigenvalue weighted by Crippen LogP contribution is 2.35. The summed E-state index contributed by atoms with van der Waals surface area (Å²) in [6.07, 6.45) is 4.34. The Kier molecular flexibility index (Phi) is 5.28. The molecule has 5 rings (SSSR count). The van der Waals surface area contributed by atoms with Crippen LogP contribution in [0.5, 0.6) is 0 Å². The third-order valence-corrected chi connectivity index (χ3v) is 7.00. The second kappa shape index (κ2) is 8.23. The van der Waals surface area contributed by atoms with E-state index >= 15 is 0 Å². The van der Waals surface area contributed by atoms with Gasteiger partial charge in [0, 0.05) is 18.8 Å². The summed E-state index contributed by atoms with van der Waals surface area (Å²) < 4.78 is 0. The molecule has 3 aromatic rings. The van der Waals surface area contributed by atoms with E-state index in [1.807, 2.05) is 48.5 Å². The fourth-order valence-electron chi connectivity index (χ4n) is 4.37. The lowest BCUT2D eigenvalue weighted by Gasteiger charge is -2.18. The Labute approximate surface area is 186 Å². The summed E-state index contributed by atoms with van der Waals surface area (Å²) in [6.45, 7) is 4.56.